The van der Waals surface area contributed by atoms with Crippen LogP contribution in [0.25, 0.3) is 10.1 Å². The Morgan fingerprint density at radius 2 is 1.66 bits per heavy atom. The van der Waals surface area contributed by atoms with Gasteiger partial charge in [0.25, 0.3) is 8.32 Å². The summed E-state index contributed by atoms with van der Waals surface area (Å²) in [7, 11) is -1.54. The molecule has 5 atom stereocenters. The van der Waals surface area contributed by atoms with Gasteiger partial charge in [-0.2, -0.15) is 0 Å². The number of hydrogen-bond donors (Lipinski definition) is 0. The van der Waals surface area contributed by atoms with Crippen LogP contribution in [0.1, 0.15) is 83.1 Å². The zero-order valence-electron chi connectivity index (χ0n) is 31.6. The van der Waals surface area contributed by atoms with Gasteiger partial charge in [0.2, 0.25) is 0 Å². The van der Waals surface area contributed by atoms with Crippen molar-refractivity contribution in [3.8, 4) is 0 Å². The van der Waals surface area contributed by atoms with E-state index >= 15 is 0 Å². The highest BCUT2D eigenvalue weighted by Crippen LogP contribution is 2.43. The van der Waals surface area contributed by atoms with Gasteiger partial charge in [-0.3, -0.25) is 9.59 Å². The van der Waals surface area contributed by atoms with Crippen molar-refractivity contribution < 1.29 is 28.2 Å². The number of carbonyl (C=O) groups is 2. The van der Waals surface area contributed by atoms with Crippen LogP contribution >= 0.6 is 11.3 Å². The second kappa shape index (κ2) is 18.1. The van der Waals surface area contributed by atoms with E-state index in [1.807, 2.05) is 0 Å². The molecule has 8 heteroatoms. The molecule has 2 heterocycles. The summed E-state index contributed by atoms with van der Waals surface area (Å²) in [4.78, 5) is 26.5. The number of fused-ring (bicyclic) bond motifs is 1. The summed E-state index contributed by atoms with van der Waals surface area (Å²) in [6.07, 6.45) is 13.4. The molecule has 0 radical (unpaired) electrons. The molecule has 0 spiro atoms. The topological polar surface area (TPSA) is 71.1 Å². The van der Waals surface area contributed by atoms with E-state index < -0.39 is 8.32 Å². The van der Waals surface area contributed by atoms with E-state index in [2.05, 4.69) is 136 Å². The molecule has 6 nitrogen and oxygen atoms in total. The predicted octanol–water partition coefficient (Wildman–Crippen LogP) is 9.48. The molecular weight excluding hydrogens is 697 g/mol. The smallest absolute Gasteiger partial charge is 0.305 e. The van der Waals surface area contributed by atoms with Gasteiger partial charge in [0.1, 0.15) is 5.78 Å². The number of ether oxygens (including phenoxy) is 3. The minimum absolute atomic E-state index is 0.146. The molecule has 1 aromatic heterocycles. The van der Waals surface area contributed by atoms with Crippen LogP contribution in [0.5, 0.6) is 0 Å². The summed E-state index contributed by atoms with van der Waals surface area (Å²) in [6, 6.07) is 32.3. The molecule has 0 bridgehead atoms. The van der Waals surface area contributed by atoms with E-state index in [4.69, 9.17) is 18.6 Å². The highest BCUT2D eigenvalue weighted by atomic mass is 32.1. The standard InChI is InChI=1S/C45H54O6SSi/c1-45(2,3)53(34-20-9-7-10-21-34,35-22-11-8-12-23-35)51-39(42-31-33-19-15-16-25-41(33)52-42)29-28-37-36(24-13-5-6-14-26-43(47)48-4)38(46)32-40(37)50-44-27-17-18-30-49-44/h5,7-13,15-16,19-23,25,28-29,31,36-37,39-40,44H,6,14,17-18,24,26-27,30,32H2,1-4H3/t36-,37+,39-,40-,44?/m1/s1. The number of methoxy groups -OCH3 is 1. The molecule has 1 aliphatic carbocycles. The summed E-state index contributed by atoms with van der Waals surface area (Å²) in [6.45, 7) is 7.61. The molecule has 1 unspecified atom stereocenters. The van der Waals surface area contributed by atoms with E-state index in [9.17, 15) is 9.59 Å². The number of rotatable bonds is 15. The monoisotopic (exact) mass is 750 g/mol. The number of unbranched alkanes of at least 4 members (excludes halogenated alkanes) is 1. The number of thiophene rings is 1. The molecule has 0 amide bonds. The van der Waals surface area contributed by atoms with Crippen molar-refractivity contribution in [1.82, 2.24) is 0 Å². The third-order valence-electron chi connectivity index (χ3n) is 10.7. The van der Waals surface area contributed by atoms with Crippen molar-refractivity contribution in [3.63, 3.8) is 0 Å². The van der Waals surface area contributed by atoms with Crippen LogP contribution in [0.3, 0.4) is 0 Å². The predicted molar refractivity (Wildman–Crippen MR) is 217 cm³/mol. The minimum atomic E-state index is -2.96. The van der Waals surface area contributed by atoms with E-state index in [1.54, 1.807) is 11.3 Å². The van der Waals surface area contributed by atoms with Crippen LogP contribution in [0.2, 0.25) is 5.04 Å². The zero-order chi connectivity index (χ0) is 37.3. The Labute approximate surface area is 320 Å². The van der Waals surface area contributed by atoms with Crippen LogP contribution in [-0.4, -0.2) is 46.2 Å². The molecule has 2 fully saturated rings. The highest BCUT2D eigenvalue weighted by Gasteiger charge is 2.52. The van der Waals surface area contributed by atoms with E-state index in [0.29, 0.717) is 32.3 Å². The Hall–Kier alpha value is -3.66. The van der Waals surface area contributed by atoms with Gasteiger partial charge in [0.15, 0.2) is 6.29 Å². The molecular formula is C45H54O6SSi. The van der Waals surface area contributed by atoms with E-state index in [-0.39, 0.29) is 47.1 Å². The second-order valence-electron chi connectivity index (χ2n) is 15.3. The Kier molecular flexibility index (Phi) is 13.3. The number of esters is 1. The fourth-order valence-corrected chi connectivity index (χ4v) is 13.7. The Morgan fingerprint density at radius 1 is 0.962 bits per heavy atom. The van der Waals surface area contributed by atoms with Crippen molar-refractivity contribution >= 4 is 51.9 Å². The molecule has 1 saturated heterocycles. The number of hydrogen-bond acceptors (Lipinski definition) is 7. The third kappa shape index (κ3) is 9.35. The number of benzene rings is 3. The highest BCUT2D eigenvalue weighted by molar-refractivity contribution is 7.19. The van der Waals surface area contributed by atoms with Crippen LogP contribution in [0.15, 0.2) is 115 Å². The number of ketones is 1. The molecule has 280 valence electrons. The lowest BCUT2D eigenvalue weighted by atomic mass is 9.90. The van der Waals surface area contributed by atoms with Gasteiger partial charge in [-0.25, -0.2) is 0 Å². The molecule has 1 saturated carbocycles. The number of allylic oxidation sites excluding steroid dienone is 2. The van der Waals surface area contributed by atoms with E-state index in [0.717, 1.165) is 30.6 Å². The SMILES string of the molecule is COC(=O)CCCC=CC[C@H]1C(=O)C[C@@H](OC2CCCCO2)[C@H]1C=C[C@@H](O[Si](c1ccccc1)(c1ccccc1)C(C)(C)C)c1cc2ccccc2s1. The maximum atomic E-state index is 13.8. The number of Topliss-reactive ketones (excluding diaryl/α,β-unsaturated/α-hetero) is 1. The first-order valence-electron chi connectivity index (χ1n) is 19.2. The fourth-order valence-electron chi connectivity index (χ4n) is 7.93. The lowest BCUT2D eigenvalue weighted by Gasteiger charge is -2.44. The molecule has 4 aromatic rings. The average Bonchev–Trinajstić information content (AvgIpc) is 3.73. The lowest BCUT2D eigenvalue weighted by Crippen LogP contribution is -2.66. The second-order valence-corrected chi connectivity index (χ2v) is 20.6. The maximum absolute atomic E-state index is 13.8. The van der Waals surface area contributed by atoms with Crippen molar-refractivity contribution in [2.45, 2.75) is 95.7 Å². The van der Waals surface area contributed by atoms with Crippen molar-refractivity contribution in [2.75, 3.05) is 13.7 Å². The molecule has 1 aliphatic heterocycles. The van der Waals surface area contributed by atoms with Gasteiger partial charge < -0.3 is 18.6 Å². The quantitative estimate of drug-likeness (QED) is 0.0522. The van der Waals surface area contributed by atoms with Crippen LogP contribution < -0.4 is 10.4 Å². The van der Waals surface area contributed by atoms with Crippen LogP contribution in [0, 0.1) is 11.8 Å². The lowest BCUT2D eigenvalue weighted by molar-refractivity contribution is -0.192. The molecule has 53 heavy (non-hydrogen) atoms. The normalized spacial score (nSPS) is 21.8. The minimum Gasteiger partial charge on any atom is -0.469 e. The van der Waals surface area contributed by atoms with Crippen LogP contribution in [-0.2, 0) is 28.2 Å². The molecule has 3 aromatic carbocycles. The summed E-state index contributed by atoms with van der Waals surface area (Å²) >= 11 is 1.77. The number of carbonyl (C=O) groups excluding carboxylic acids is 2. The zero-order valence-corrected chi connectivity index (χ0v) is 33.4. The molecule has 0 N–H and O–H groups in total. The van der Waals surface area contributed by atoms with Gasteiger partial charge in [-0.15, -0.1) is 11.3 Å². The largest absolute Gasteiger partial charge is 0.469 e. The average molecular weight is 751 g/mol. The van der Waals surface area contributed by atoms with Gasteiger partial charge in [-0.05, 0) is 71.5 Å². The summed E-state index contributed by atoms with van der Waals surface area (Å²) in [5.41, 5.74) is 0. The Bertz CT molecular complexity index is 1770. The van der Waals surface area contributed by atoms with Crippen LogP contribution in [0.4, 0.5) is 0 Å². The Morgan fingerprint density at radius 3 is 2.30 bits per heavy atom. The van der Waals surface area contributed by atoms with Gasteiger partial charge in [-0.1, -0.05) is 124 Å². The van der Waals surface area contributed by atoms with Crippen molar-refractivity contribution in [1.29, 1.82) is 0 Å². The first-order valence-corrected chi connectivity index (χ1v) is 21.9. The Balaban J connectivity index is 1.39. The van der Waals surface area contributed by atoms with Crippen molar-refractivity contribution in [3.05, 3.63) is 120 Å². The summed E-state index contributed by atoms with van der Waals surface area (Å²) in [5, 5.41) is 3.42. The van der Waals surface area contributed by atoms with Crippen molar-refractivity contribution in [2.24, 2.45) is 11.8 Å². The first-order chi connectivity index (χ1) is 25.7. The van der Waals surface area contributed by atoms with Gasteiger partial charge >= 0.3 is 5.97 Å². The van der Waals surface area contributed by atoms with Gasteiger partial charge in [0, 0.05) is 40.9 Å². The van der Waals surface area contributed by atoms with Gasteiger partial charge in [0.05, 0.1) is 19.3 Å². The maximum Gasteiger partial charge on any atom is 0.305 e. The first kappa shape index (κ1) is 39.0. The third-order valence-corrected chi connectivity index (χ3v) is 16.9. The summed E-state index contributed by atoms with van der Waals surface area (Å²) < 4.78 is 26.5. The molecule has 2 aliphatic rings. The fraction of sp³-hybridized carbons (Fsp3) is 0.422. The summed E-state index contributed by atoms with van der Waals surface area (Å²) in [5.74, 6) is -0.362. The van der Waals surface area contributed by atoms with E-state index in [1.165, 1.54) is 27.6 Å². The molecule has 6 rings (SSSR count).